The van der Waals surface area contributed by atoms with E-state index in [1.165, 1.54) is 0 Å². The number of carbonyl (C=O) groups excluding carboxylic acids is 3. The van der Waals surface area contributed by atoms with Crippen molar-refractivity contribution >= 4 is 29.1 Å². The summed E-state index contributed by atoms with van der Waals surface area (Å²) in [6.07, 6.45) is 0.745. The van der Waals surface area contributed by atoms with Crippen LogP contribution in [0.4, 0.5) is 11.4 Å². The van der Waals surface area contributed by atoms with Crippen LogP contribution in [0.3, 0.4) is 0 Å². The van der Waals surface area contributed by atoms with E-state index in [4.69, 9.17) is 0 Å². The van der Waals surface area contributed by atoms with E-state index in [9.17, 15) is 14.4 Å². The molecule has 2 aliphatic rings. The van der Waals surface area contributed by atoms with E-state index in [1.807, 2.05) is 18.2 Å². The van der Waals surface area contributed by atoms with Crippen molar-refractivity contribution in [1.29, 1.82) is 0 Å². The van der Waals surface area contributed by atoms with Crippen LogP contribution in [-0.2, 0) is 14.4 Å². The van der Waals surface area contributed by atoms with Gasteiger partial charge in [0.2, 0.25) is 17.7 Å². The molecular formula is C17H23N5O3. The molecule has 0 spiro atoms. The Hall–Kier alpha value is -2.45. The Morgan fingerprint density at radius 2 is 1.88 bits per heavy atom. The first kappa shape index (κ1) is 17.4. The summed E-state index contributed by atoms with van der Waals surface area (Å²) in [5.41, 5.74) is 1.30. The lowest BCUT2D eigenvalue weighted by Crippen LogP contribution is -2.47. The third-order valence-electron chi connectivity index (χ3n) is 4.35. The predicted molar refractivity (Wildman–Crippen MR) is 94.2 cm³/mol. The standard InChI is InChI=1S/C17H23N5O3/c23-15-6-5-14(17(25)21-15)19-12-3-1-2-4-13(12)20-16(24)11-22-9-7-18-8-10-22/h1-4,14,18-19H,5-11H2,(H,20,24)(H,21,23,25). The van der Waals surface area contributed by atoms with Gasteiger partial charge in [-0.15, -0.1) is 0 Å². The molecule has 3 rings (SSSR count). The number of anilines is 2. The highest BCUT2D eigenvalue weighted by molar-refractivity contribution is 6.02. The van der Waals surface area contributed by atoms with Crippen LogP contribution in [0.25, 0.3) is 0 Å². The summed E-state index contributed by atoms with van der Waals surface area (Å²) >= 11 is 0. The molecule has 3 amide bonds. The molecule has 25 heavy (non-hydrogen) atoms. The maximum absolute atomic E-state index is 12.3. The summed E-state index contributed by atoms with van der Waals surface area (Å²) in [6.45, 7) is 3.82. The average Bonchev–Trinajstić information content (AvgIpc) is 2.60. The first-order chi connectivity index (χ1) is 12.1. The second kappa shape index (κ2) is 8.09. The lowest BCUT2D eigenvalue weighted by molar-refractivity contribution is -0.133. The summed E-state index contributed by atoms with van der Waals surface area (Å²) in [5, 5.41) is 11.6. The zero-order chi connectivity index (χ0) is 17.6. The second-order valence-corrected chi connectivity index (χ2v) is 6.27. The summed E-state index contributed by atoms with van der Waals surface area (Å²) in [4.78, 5) is 37.6. The zero-order valence-corrected chi connectivity index (χ0v) is 14.0. The molecule has 0 aromatic heterocycles. The lowest BCUT2D eigenvalue weighted by atomic mass is 10.1. The minimum atomic E-state index is -0.482. The maximum atomic E-state index is 12.3. The highest BCUT2D eigenvalue weighted by atomic mass is 16.2. The van der Waals surface area contributed by atoms with Gasteiger partial charge in [-0.05, 0) is 18.6 Å². The summed E-state index contributed by atoms with van der Waals surface area (Å²) < 4.78 is 0. The molecule has 2 fully saturated rings. The Morgan fingerprint density at radius 1 is 1.16 bits per heavy atom. The molecule has 1 aromatic rings. The van der Waals surface area contributed by atoms with Crippen LogP contribution in [0.5, 0.6) is 0 Å². The van der Waals surface area contributed by atoms with Crippen molar-refractivity contribution in [2.24, 2.45) is 0 Å². The molecule has 134 valence electrons. The van der Waals surface area contributed by atoms with Crippen molar-refractivity contribution in [2.45, 2.75) is 18.9 Å². The fraction of sp³-hybridized carbons (Fsp3) is 0.471. The van der Waals surface area contributed by atoms with Crippen molar-refractivity contribution in [2.75, 3.05) is 43.4 Å². The lowest BCUT2D eigenvalue weighted by Gasteiger charge is -2.27. The van der Waals surface area contributed by atoms with E-state index in [1.54, 1.807) is 6.07 Å². The summed E-state index contributed by atoms with van der Waals surface area (Å²) in [7, 11) is 0. The topological polar surface area (TPSA) is 103 Å². The van der Waals surface area contributed by atoms with Gasteiger partial charge in [0.1, 0.15) is 6.04 Å². The van der Waals surface area contributed by atoms with E-state index in [2.05, 4.69) is 26.2 Å². The van der Waals surface area contributed by atoms with Crippen LogP contribution in [0, 0.1) is 0 Å². The largest absolute Gasteiger partial charge is 0.372 e. The molecule has 0 bridgehead atoms. The Labute approximate surface area is 146 Å². The molecule has 4 N–H and O–H groups in total. The van der Waals surface area contributed by atoms with Crippen LogP contribution < -0.4 is 21.3 Å². The number of hydrogen-bond donors (Lipinski definition) is 4. The number of nitrogens with zero attached hydrogens (tertiary/aromatic N) is 1. The molecule has 0 radical (unpaired) electrons. The highest BCUT2D eigenvalue weighted by Crippen LogP contribution is 2.23. The maximum Gasteiger partial charge on any atom is 0.249 e. The van der Waals surface area contributed by atoms with E-state index >= 15 is 0 Å². The average molecular weight is 345 g/mol. The first-order valence-corrected chi connectivity index (χ1v) is 8.54. The Morgan fingerprint density at radius 3 is 2.60 bits per heavy atom. The van der Waals surface area contributed by atoms with E-state index in [0.29, 0.717) is 30.8 Å². The number of rotatable bonds is 5. The van der Waals surface area contributed by atoms with Crippen LogP contribution in [-0.4, -0.2) is 61.4 Å². The zero-order valence-electron chi connectivity index (χ0n) is 14.0. The molecule has 0 aliphatic carbocycles. The first-order valence-electron chi connectivity index (χ1n) is 8.54. The molecular weight excluding hydrogens is 322 g/mol. The summed E-state index contributed by atoms with van der Waals surface area (Å²) in [6, 6.07) is 6.79. The molecule has 2 aliphatic heterocycles. The smallest absolute Gasteiger partial charge is 0.249 e. The molecule has 8 heteroatoms. The SMILES string of the molecule is O=C1CCC(Nc2ccccc2NC(=O)CN2CCNCC2)C(=O)N1. The molecule has 1 aromatic carbocycles. The van der Waals surface area contributed by atoms with Gasteiger partial charge in [0.05, 0.1) is 17.9 Å². The Kier molecular flexibility index (Phi) is 5.62. The number of piperidine rings is 1. The number of carbonyl (C=O) groups is 3. The molecule has 2 saturated heterocycles. The van der Waals surface area contributed by atoms with Gasteiger partial charge in [0.15, 0.2) is 0 Å². The third kappa shape index (κ3) is 4.77. The molecule has 2 heterocycles. The van der Waals surface area contributed by atoms with Crippen molar-refractivity contribution in [1.82, 2.24) is 15.5 Å². The predicted octanol–water partition coefficient (Wildman–Crippen LogP) is -0.253. The molecule has 1 unspecified atom stereocenters. The van der Waals surface area contributed by atoms with Gasteiger partial charge in [0.25, 0.3) is 0 Å². The van der Waals surface area contributed by atoms with Gasteiger partial charge in [-0.2, -0.15) is 0 Å². The van der Waals surface area contributed by atoms with Crippen LogP contribution in [0.1, 0.15) is 12.8 Å². The van der Waals surface area contributed by atoms with Crippen molar-refractivity contribution < 1.29 is 14.4 Å². The number of para-hydroxylation sites is 2. The number of amides is 3. The normalized spacial score (nSPS) is 21.5. The molecule has 1 atom stereocenters. The van der Waals surface area contributed by atoms with Crippen molar-refractivity contribution in [3.05, 3.63) is 24.3 Å². The second-order valence-electron chi connectivity index (χ2n) is 6.27. The fourth-order valence-corrected chi connectivity index (χ4v) is 3.00. The van der Waals surface area contributed by atoms with Gasteiger partial charge >= 0.3 is 0 Å². The van der Waals surface area contributed by atoms with Gasteiger partial charge in [-0.25, -0.2) is 0 Å². The minimum Gasteiger partial charge on any atom is -0.372 e. The van der Waals surface area contributed by atoms with E-state index in [-0.39, 0.29) is 17.7 Å². The quantitative estimate of drug-likeness (QED) is 0.549. The fourth-order valence-electron chi connectivity index (χ4n) is 3.00. The highest BCUT2D eigenvalue weighted by Gasteiger charge is 2.27. The van der Waals surface area contributed by atoms with Crippen LogP contribution in [0.2, 0.25) is 0 Å². The van der Waals surface area contributed by atoms with Crippen LogP contribution in [0.15, 0.2) is 24.3 Å². The number of piperazine rings is 1. The van der Waals surface area contributed by atoms with Gasteiger partial charge < -0.3 is 16.0 Å². The van der Waals surface area contributed by atoms with Gasteiger partial charge in [-0.3, -0.25) is 24.6 Å². The Balaban J connectivity index is 1.61. The number of imide groups is 1. The van der Waals surface area contributed by atoms with Crippen molar-refractivity contribution in [3.63, 3.8) is 0 Å². The molecule has 8 nitrogen and oxygen atoms in total. The van der Waals surface area contributed by atoms with Gasteiger partial charge in [-0.1, -0.05) is 12.1 Å². The van der Waals surface area contributed by atoms with E-state index < -0.39 is 6.04 Å². The van der Waals surface area contributed by atoms with Crippen LogP contribution >= 0.6 is 0 Å². The third-order valence-corrected chi connectivity index (χ3v) is 4.35. The summed E-state index contributed by atoms with van der Waals surface area (Å²) in [5.74, 6) is -0.668. The number of hydrogen-bond acceptors (Lipinski definition) is 6. The van der Waals surface area contributed by atoms with Crippen molar-refractivity contribution in [3.8, 4) is 0 Å². The number of nitrogens with one attached hydrogen (secondary N) is 4. The number of benzene rings is 1. The van der Waals surface area contributed by atoms with E-state index in [0.717, 1.165) is 26.2 Å². The minimum absolute atomic E-state index is 0.0839. The Bertz CT molecular complexity index is 657. The van der Waals surface area contributed by atoms with Gasteiger partial charge in [0, 0.05) is 32.6 Å². The molecule has 0 saturated carbocycles. The monoisotopic (exact) mass is 345 g/mol.